The van der Waals surface area contributed by atoms with Crippen molar-refractivity contribution in [3.05, 3.63) is 5.69 Å². The molecule has 0 aromatic carbocycles. The van der Waals surface area contributed by atoms with Crippen molar-refractivity contribution in [2.45, 2.75) is 13.0 Å². The molecule has 0 saturated heterocycles. The molecule has 0 radical (unpaired) electrons. The van der Waals surface area contributed by atoms with E-state index in [4.69, 9.17) is 0 Å². The summed E-state index contributed by atoms with van der Waals surface area (Å²) < 4.78 is 1.98. The summed E-state index contributed by atoms with van der Waals surface area (Å²) in [5.74, 6) is 1.19. The molecule has 0 amide bonds. The van der Waals surface area contributed by atoms with Gasteiger partial charge in [-0.15, -0.1) is 5.10 Å². The maximum atomic E-state index is 4.16. The first-order chi connectivity index (χ1) is 6.33. The van der Waals surface area contributed by atoms with Crippen molar-refractivity contribution in [2.24, 2.45) is 0 Å². The Balaban J connectivity index is 2.18. The van der Waals surface area contributed by atoms with Gasteiger partial charge in [-0.05, 0) is 7.05 Å². The van der Waals surface area contributed by atoms with Crippen LogP contribution in [0.5, 0.6) is 0 Å². The van der Waals surface area contributed by atoms with E-state index in [0.717, 1.165) is 31.7 Å². The van der Waals surface area contributed by atoms with Crippen LogP contribution in [0, 0.1) is 0 Å². The summed E-state index contributed by atoms with van der Waals surface area (Å²) in [6.07, 6.45) is 0.955. The number of aromatic nitrogens is 3. The molecule has 1 N–H and O–H groups in total. The van der Waals surface area contributed by atoms with Crippen LogP contribution in [0.3, 0.4) is 0 Å². The van der Waals surface area contributed by atoms with Crippen LogP contribution in [0.2, 0.25) is 0 Å². The Morgan fingerprint density at radius 3 is 3.08 bits per heavy atom. The predicted octanol–water partition coefficient (Wildman–Crippen LogP) is -0.510. The third-order valence-electron chi connectivity index (χ3n) is 2.40. The summed E-state index contributed by atoms with van der Waals surface area (Å²) in [5.41, 5.74) is 1.11. The topological polar surface area (TPSA) is 46.0 Å². The highest BCUT2D eigenvalue weighted by molar-refractivity contribution is 5.45. The number of anilines is 1. The Labute approximate surface area is 77.7 Å². The molecule has 1 aliphatic rings. The monoisotopic (exact) mass is 181 g/mol. The smallest absolute Gasteiger partial charge is 0.150 e. The van der Waals surface area contributed by atoms with E-state index in [0.29, 0.717) is 0 Å². The number of rotatable bonds is 3. The van der Waals surface area contributed by atoms with Crippen molar-refractivity contribution in [3.8, 4) is 0 Å². The summed E-state index contributed by atoms with van der Waals surface area (Å²) >= 11 is 0. The second-order valence-electron chi connectivity index (χ2n) is 3.36. The number of nitrogens with one attached hydrogen (secondary N) is 1. The molecule has 2 rings (SSSR count). The van der Waals surface area contributed by atoms with Gasteiger partial charge >= 0.3 is 0 Å². The predicted molar refractivity (Wildman–Crippen MR) is 50.9 cm³/mol. The Kier molecular flexibility index (Phi) is 2.18. The lowest BCUT2D eigenvalue weighted by Crippen LogP contribution is -2.17. The second-order valence-corrected chi connectivity index (χ2v) is 3.36. The summed E-state index contributed by atoms with van der Waals surface area (Å²) in [5, 5.41) is 11.4. The highest BCUT2D eigenvalue weighted by atomic mass is 15.5. The van der Waals surface area contributed by atoms with Gasteiger partial charge in [-0.1, -0.05) is 5.21 Å². The summed E-state index contributed by atoms with van der Waals surface area (Å²) in [4.78, 5) is 2.21. The second kappa shape index (κ2) is 3.33. The molecule has 5 nitrogen and oxygen atoms in total. The zero-order valence-electron chi connectivity index (χ0n) is 8.12. The van der Waals surface area contributed by atoms with E-state index in [2.05, 4.69) is 27.6 Å². The van der Waals surface area contributed by atoms with E-state index in [1.165, 1.54) is 5.82 Å². The Morgan fingerprint density at radius 1 is 1.46 bits per heavy atom. The summed E-state index contributed by atoms with van der Waals surface area (Å²) in [6.45, 7) is 2.98. The maximum absolute atomic E-state index is 4.16. The number of likely N-dealkylation sites (N-methyl/N-ethyl adjacent to an activating group) is 2. The van der Waals surface area contributed by atoms with E-state index < -0.39 is 0 Å². The molecule has 13 heavy (non-hydrogen) atoms. The summed E-state index contributed by atoms with van der Waals surface area (Å²) in [6, 6.07) is 0. The van der Waals surface area contributed by atoms with Crippen LogP contribution in [-0.2, 0) is 13.0 Å². The van der Waals surface area contributed by atoms with Crippen LogP contribution >= 0.6 is 0 Å². The summed E-state index contributed by atoms with van der Waals surface area (Å²) in [7, 11) is 4.04. The average Bonchev–Trinajstić information content (AvgIpc) is 2.67. The molecule has 0 bridgehead atoms. The first-order valence-electron chi connectivity index (χ1n) is 4.61. The van der Waals surface area contributed by atoms with Crippen molar-refractivity contribution in [3.63, 3.8) is 0 Å². The van der Waals surface area contributed by atoms with Gasteiger partial charge in [0.1, 0.15) is 5.69 Å². The average molecular weight is 181 g/mol. The lowest BCUT2D eigenvalue weighted by atomic mass is 10.3. The molecule has 1 aliphatic heterocycles. The minimum absolute atomic E-state index is 0.955. The van der Waals surface area contributed by atoms with Gasteiger partial charge in [-0.2, -0.15) is 0 Å². The van der Waals surface area contributed by atoms with Crippen LogP contribution in [0.25, 0.3) is 0 Å². The first-order valence-corrected chi connectivity index (χ1v) is 4.61. The molecule has 5 heteroatoms. The van der Waals surface area contributed by atoms with Crippen LogP contribution < -0.4 is 10.2 Å². The quantitative estimate of drug-likeness (QED) is 0.682. The minimum Gasteiger partial charge on any atom is -0.356 e. The number of hydrogen-bond donors (Lipinski definition) is 1. The van der Waals surface area contributed by atoms with Gasteiger partial charge in [0.05, 0.1) is 6.54 Å². The van der Waals surface area contributed by atoms with Gasteiger partial charge in [0.15, 0.2) is 5.82 Å². The van der Waals surface area contributed by atoms with E-state index in [9.17, 15) is 0 Å². The van der Waals surface area contributed by atoms with Crippen molar-refractivity contribution < 1.29 is 0 Å². The SMILES string of the molecule is CNCCc1nnn2c1N(C)CC2. The van der Waals surface area contributed by atoms with Gasteiger partial charge in [-0.25, -0.2) is 4.68 Å². The van der Waals surface area contributed by atoms with Crippen LogP contribution in [-0.4, -0.2) is 42.2 Å². The zero-order chi connectivity index (χ0) is 9.26. The van der Waals surface area contributed by atoms with Crippen molar-refractivity contribution in [1.29, 1.82) is 0 Å². The number of nitrogens with zero attached hydrogens (tertiary/aromatic N) is 4. The molecule has 0 spiro atoms. The van der Waals surface area contributed by atoms with Gasteiger partial charge in [0.25, 0.3) is 0 Å². The van der Waals surface area contributed by atoms with Crippen molar-refractivity contribution in [1.82, 2.24) is 20.3 Å². The number of hydrogen-bond acceptors (Lipinski definition) is 4. The molecule has 0 unspecified atom stereocenters. The molecule has 72 valence electrons. The minimum atomic E-state index is 0.955. The van der Waals surface area contributed by atoms with E-state index in [-0.39, 0.29) is 0 Å². The fourth-order valence-corrected chi connectivity index (χ4v) is 1.67. The van der Waals surface area contributed by atoms with Crippen molar-refractivity contribution in [2.75, 3.05) is 32.1 Å². The molecule has 0 saturated carbocycles. The highest BCUT2D eigenvalue weighted by Gasteiger charge is 2.21. The normalized spacial score (nSPS) is 15.1. The van der Waals surface area contributed by atoms with Gasteiger partial charge in [0.2, 0.25) is 0 Å². The molecule has 2 heterocycles. The number of fused-ring (bicyclic) bond motifs is 1. The third-order valence-corrected chi connectivity index (χ3v) is 2.40. The fraction of sp³-hybridized carbons (Fsp3) is 0.750. The van der Waals surface area contributed by atoms with Crippen LogP contribution in [0.15, 0.2) is 0 Å². The molecule has 1 aromatic heterocycles. The van der Waals surface area contributed by atoms with E-state index in [1.807, 2.05) is 11.7 Å². The lowest BCUT2D eigenvalue weighted by Gasteiger charge is -2.09. The lowest BCUT2D eigenvalue weighted by molar-refractivity contribution is 0.647. The highest BCUT2D eigenvalue weighted by Crippen LogP contribution is 2.21. The molecule has 0 aliphatic carbocycles. The Hall–Kier alpha value is -1.10. The maximum Gasteiger partial charge on any atom is 0.150 e. The Bertz CT molecular complexity index is 293. The van der Waals surface area contributed by atoms with Crippen molar-refractivity contribution >= 4 is 5.82 Å². The van der Waals surface area contributed by atoms with E-state index >= 15 is 0 Å². The van der Waals surface area contributed by atoms with Gasteiger partial charge in [-0.3, -0.25) is 0 Å². The zero-order valence-corrected chi connectivity index (χ0v) is 8.12. The molecule has 0 fully saturated rings. The molecular weight excluding hydrogens is 166 g/mol. The van der Waals surface area contributed by atoms with Gasteiger partial charge in [0, 0.05) is 26.6 Å². The fourth-order valence-electron chi connectivity index (χ4n) is 1.67. The van der Waals surface area contributed by atoms with Crippen LogP contribution in [0.1, 0.15) is 5.69 Å². The third kappa shape index (κ3) is 1.39. The van der Waals surface area contributed by atoms with Gasteiger partial charge < -0.3 is 10.2 Å². The largest absolute Gasteiger partial charge is 0.356 e. The first kappa shape index (κ1) is 8.50. The molecule has 1 aromatic rings. The van der Waals surface area contributed by atoms with Crippen LogP contribution in [0.4, 0.5) is 5.82 Å². The van der Waals surface area contributed by atoms with E-state index in [1.54, 1.807) is 0 Å². The molecule has 0 atom stereocenters. The Morgan fingerprint density at radius 2 is 2.31 bits per heavy atom. The standard InChI is InChI=1S/C8H15N5/c1-9-4-3-7-8-12(2)5-6-13(8)11-10-7/h9H,3-6H2,1-2H3. The molecular formula is C8H15N5.